The summed E-state index contributed by atoms with van der Waals surface area (Å²) in [5.41, 5.74) is 4.14. The molecule has 0 aromatic carbocycles. The van der Waals surface area contributed by atoms with Crippen LogP contribution >= 0.6 is 0 Å². The van der Waals surface area contributed by atoms with Crippen LogP contribution in [0.2, 0.25) is 5.85 Å². The third-order valence-electron chi connectivity index (χ3n) is 9.14. The molecule has 0 aliphatic heterocycles. The van der Waals surface area contributed by atoms with E-state index in [1.54, 1.807) is 24.0 Å². The molecule has 4 aliphatic rings. The fraction of sp³-hybridized carbons (Fsp3) is 0.800. The molecule has 0 heterocycles. The third-order valence-corrected chi connectivity index (χ3v) is 26.3. The van der Waals surface area contributed by atoms with Crippen molar-refractivity contribution in [1.29, 1.82) is 0 Å². The Morgan fingerprint density at radius 2 is 1.19 bits per heavy atom. The summed E-state index contributed by atoms with van der Waals surface area (Å²) in [4.78, 5) is 0. The van der Waals surface area contributed by atoms with Gasteiger partial charge >= 0.3 is 144 Å². The van der Waals surface area contributed by atoms with E-state index in [2.05, 4.69) is 40.9 Å². The van der Waals surface area contributed by atoms with E-state index in [1.165, 1.54) is 25.7 Å². The van der Waals surface area contributed by atoms with E-state index in [9.17, 15) is 0 Å². The van der Waals surface area contributed by atoms with Gasteiger partial charge in [-0.15, -0.1) is 0 Å². The topological polar surface area (TPSA) is 0 Å². The standard InChI is InChI=1S/2C10H15.Hg/c2*1-7-8-4-5-9(6-8)10(7,2)3;/h2*8H,1,4-6H2,2-3H3;. The van der Waals surface area contributed by atoms with Gasteiger partial charge in [-0.2, -0.15) is 0 Å². The molecule has 4 unspecified atom stereocenters. The van der Waals surface area contributed by atoms with E-state index in [0.717, 1.165) is 17.7 Å². The predicted molar refractivity (Wildman–Crippen MR) is 85.9 cm³/mol. The molecule has 4 aliphatic carbocycles. The summed E-state index contributed by atoms with van der Waals surface area (Å²) in [7, 11) is 0. The molecule has 4 saturated carbocycles. The number of fused-ring (bicyclic) bond motifs is 4. The van der Waals surface area contributed by atoms with Gasteiger partial charge in [-0.3, -0.25) is 0 Å². The van der Waals surface area contributed by atoms with Crippen LogP contribution in [0.1, 0.15) is 66.2 Å². The second kappa shape index (κ2) is 4.08. The van der Waals surface area contributed by atoms with Gasteiger partial charge in [0.25, 0.3) is 0 Å². The molecule has 0 N–H and O–H groups in total. The SMILES string of the molecule is C=C1C2CC[C]([Hg][C]34CCC(C3)C(=C)C4(C)C)(C2)C1(C)C. The molecule has 4 fully saturated rings. The number of rotatable bonds is 2. The van der Waals surface area contributed by atoms with Crippen LogP contribution in [0.25, 0.3) is 0 Å². The first-order valence-corrected chi connectivity index (χ1v) is 14.5. The van der Waals surface area contributed by atoms with Crippen molar-refractivity contribution < 1.29 is 24.6 Å². The third kappa shape index (κ3) is 1.57. The fourth-order valence-corrected chi connectivity index (χ4v) is 24.1. The molecule has 0 amide bonds. The van der Waals surface area contributed by atoms with E-state index in [1.807, 2.05) is 0 Å². The Hall–Kier alpha value is 0.415. The molecule has 4 rings (SSSR count). The number of allylic oxidation sites excluding steroid dienone is 2. The van der Waals surface area contributed by atoms with Crippen LogP contribution in [-0.4, -0.2) is 0 Å². The van der Waals surface area contributed by atoms with Gasteiger partial charge in [0.05, 0.1) is 0 Å². The summed E-state index contributed by atoms with van der Waals surface area (Å²) in [5, 5.41) is 0. The van der Waals surface area contributed by atoms with Crippen LogP contribution in [0.5, 0.6) is 0 Å². The molecule has 0 spiro atoms. The molecule has 0 radical (unpaired) electrons. The van der Waals surface area contributed by atoms with Crippen molar-refractivity contribution in [3.8, 4) is 0 Å². The molecule has 0 nitrogen and oxygen atoms in total. The van der Waals surface area contributed by atoms with Crippen molar-refractivity contribution in [2.45, 2.75) is 72.1 Å². The van der Waals surface area contributed by atoms with E-state index in [4.69, 9.17) is 0 Å². The van der Waals surface area contributed by atoms with Gasteiger partial charge in [0.1, 0.15) is 0 Å². The van der Waals surface area contributed by atoms with E-state index >= 15 is 0 Å². The first-order chi connectivity index (χ1) is 9.65. The van der Waals surface area contributed by atoms with Gasteiger partial charge in [0, 0.05) is 0 Å². The van der Waals surface area contributed by atoms with Gasteiger partial charge in [-0.1, -0.05) is 0 Å². The Bertz CT molecular complexity index is 492. The predicted octanol–water partition coefficient (Wildman–Crippen LogP) is 6.18. The van der Waals surface area contributed by atoms with Crippen LogP contribution in [-0.2, 0) is 24.6 Å². The zero-order valence-corrected chi connectivity index (χ0v) is 20.0. The van der Waals surface area contributed by atoms with Crippen molar-refractivity contribution in [1.82, 2.24) is 0 Å². The minimum atomic E-state index is -1.12. The zero-order valence-electron chi connectivity index (χ0n) is 14.5. The fourth-order valence-electron chi connectivity index (χ4n) is 7.10. The first-order valence-electron chi connectivity index (χ1n) is 9.04. The zero-order chi connectivity index (χ0) is 15.3. The quantitative estimate of drug-likeness (QED) is 0.334. The van der Waals surface area contributed by atoms with Gasteiger partial charge in [0.2, 0.25) is 0 Å². The van der Waals surface area contributed by atoms with Gasteiger partial charge in [-0.05, 0) is 0 Å². The monoisotopic (exact) mass is 472 g/mol. The maximum absolute atomic E-state index is 4.54. The molecular formula is C20H30Hg. The molecule has 0 aromatic heterocycles. The van der Waals surface area contributed by atoms with Crippen molar-refractivity contribution in [3.05, 3.63) is 24.3 Å². The molecule has 0 saturated heterocycles. The second-order valence-electron chi connectivity index (χ2n) is 9.92. The average molecular weight is 471 g/mol. The molecule has 4 bridgehead atoms. The minimum absolute atomic E-state index is 0.449. The normalized spacial score (nSPS) is 49.0. The summed E-state index contributed by atoms with van der Waals surface area (Å²) < 4.78 is 1.51. The molecular weight excluding hydrogens is 441 g/mol. The number of hydrogen-bond donors (Lipinski definition) is 0. The Morgan fingerprint density at radius 1 is 0.810 bits per heavy atom. The number of hydrogen-bond acceptors (Lipinski definition) is 0. The Kier molecular flexibility index (Phi) is 2.91. The van der Waals surface area contributed by atoms with E-state index in [0.29, 0.717) is 10.8 Å². The first kappa shape index (κ1) is 15.0. The Labute approximate surface area is 143 Å². The molecule has 112 valence electrons. The Morgan fingerprint density at radius 3 is 1.48 bits per heavy atom. The summed E-state index contributed by atoms with van der Waals surface area (Å²) >= 11 is -1.12. The average Bonchev–Trinajstić information content (AvgIpc) is 3.09. The molecule has 21 heavy (non-hydrogen) atoms. The van der Waals surface area contributed by atoms with Crippen molar-refractivity contribution in [2.24, 2.45) is 22.7 Å². The maximum atomic E-state index is 4.54. The summed E-state index contributed by atoms with van der Waals surface area (Å²) in [5.74, 6) is 1.75. The van der Waals surface area contributed by atoms with Crippen molar-refractivity contribution in [2.75, 3.05) is 0 Å². The second-order valence-corrected chi connectivity index (χ2v) is 21.8. The van der Waals surface area contributed by atoms with E-state index < -0.39 is 24.6 Å². The van der Waals surface area contributed by atoms with Crippen LogP contribution in [0, 0.1) is 22.7 Å². The van der Waals surface area contributed by atoms with Gasteiger partial charge in [-0.25, -0.2) is 0 Å². The van der Waals surface area contributed by atoms with Crippen LogP contribution < -0.4 is 0 Å². The summed E-state index contributed by atoms with van der Waals surface area (Å²) in [6.07, 6.45) is 9.05. The van der Waals surface area contributed by atoms with E-state index in [-0.39, 0.29) is 0 Å². The molecule has 0 aromatic rings. The van der Waals surface area contributed by atoms with Crippen molar-refractivity contribution in [3.63, 3.8) is 0 Å². The van der Waals surface area contributed by atoms with Gasteiger partial charge < -0.3 is 0 Å². The summed E-state index contributed by atoms with van der Waals surface area (Å²) in [6, 6.07) is 0. The summed E-state index contributed by atoms with van der Waals surface area (Å²) in [6.45, 7) is 19.3. The van der Waals surface area contributed by atoms with Crippen LogP contribution in [0.15, 0.2) is 24.3 Å². The molecule has 4 atom stereocenters. The van der Waals surface area contributed by atoms with Crippen molar-refractivity contribution >= 4 is 0 Å². The molecule has 1 heteroatoms. The van der Waals surface area contributed by atoms with Gasteiger partial charge in [0.15, 0.2) is 0 Å². The Balaban J connectivity index is 1.73. The van der Waals surface area contributed by atoms with Crippen LogP contribution in [0.3, 0.4) is 0 Å². The van der Waals surface area contributed by atoms with Crippen LogP contribution in [0.4, 0.5) is 0 Å².